The van der Waals surface area contributed by atoms with Gasteiger partial charge in [-0.15, -0.1) is 11.3 Å². The van der Waals surface area contributed by atoms with Crippen LogP contribution in [-0.2, 0) is 0 Å². The number of thioether (sulfide) groups is 1. The maximum Gasteiger partial charge on any atom is 0.0399 e. The Kier molecular flexibility index (Phi) is 4.76. The van der Waals surface area contributed by atoms with Gasteiger partial charge in [-0.2, -0.15) is 11.8 Å². The first kappa shape index (κ1) is 12.9. The van der Waals surface area contributed by atoms with Crippen molar-refractivity contribution in [1.29, 1.82) is 0 Å². The largest absolute Gasteiger partial charge is 0.307 e. The van der Waals surface area contributed by atoms with Gasteiger partial charge in [0.05, 0.1) is 0 Å². The first-order chi connectivity index (χ1) is 7.70. The number of rotatable bonds is 4. The first-order valence-electron chi connectivity index (χ1n) is 5.72. The van der Waals surface area contributed by atoms with Crippen LogP contribution in [0.3, 0.4) is 0 Å². The Balaban J connectivity index is 1.89. The van der Waals surface area contributed by atoms with Crippen LogP contribution in [0, 0.1) is 0 Å². The third-order valence-corrected chi connectivity index (χ3v) is 6.39. The summed E-state index contributed by atoms with van der Waals surface area (Å²) in [6.45, 7) is 2.27. The second kappa shape index (κ2) is 5.89. The molecule has 1 N–H and O–H groups in total. The Morgan fingerprint density at radius 3 is 2.94 bits per heavy atom. The van der Waals surface area contributed by atoms with Gasteiger partial charge in [-0.05, 0) is 59.8 Å². The fourth-order valence-corrected chi connectivity index (χ4v) is 4.88. The van der Waals surface area contributed by atoms with Crippen molar-refractivity contribution in [3.63, 3.8) is 0 Å². The Labute approximate surface area is 115 Å². The van der Waals surface area contributed by atoms with E-state index in [9.17, 15) is 0 Å². The Hall–Kier alpha value is 0.490. The van der Waals surface area contributed by atoms with Crippen LogP contribution in [0.4, 0.5) is 0 Å². The molecule has 1 saturated carbocycles. The van der Waals surface area contributed by atoms with E-state index in [1.54, 1.807) is 0 Å². The van der Waals surface area contributed by atoms with Crippen LogP contribution < -0.4 is 5.32 Å². The molecular weight excluding hydrogens is 302 g/mol. The lowest BCUT2D eigenvalue weighted by Crippen LogP contribution is -2.29. The summed E-state index contributed by atoms with van der Waals surface area (Å²) in [6.07, 6.45) is 6.26. The van der Waals surface area contributed by atoms with Crippen LogP contribution in [0.5, 0.6) is 0 Å². The molecule has 1 aromatic heterocycles. The third-order valence-electron chi connectivity index (χ3n) is 3.24. The van der Waals surface area contributed by atoms with Gasteiger partial charge < -0.3 is 5.32 Å². The highest BCUT2D eigenvalue weighted by molar-refractivity contribution is 9.10. The van der Waals surface area contributed by atoms with Crippen LogP contribution in [0.2, 0.25) is 0 Å². The highest BCUT2D eigenvalue weighted by atomic mass is 79.9. The van der Waals surface area contributed by atoms with Crippen LogP contribution in [-0.4, -0.2) is 17.5 Å². The second-order valence-electron chi connectivity index (χ2n) is 4.39. The lowest BCUT2D eigenvalue weighted by atomic mass is 10.2. The van der Waals surface area contributed by atoms with Crippen molar-refractivity contribution < 1.29 is 0 Å². The van der Waals surface area contributed by atoms with Crippen molar-refractivity contribution in [3.05, 3.63) is 20.8 Å². The van der Waals surface area contributed by atoms with Crippen molar-refractivity contribution in [2.24, 2.45) is 0 Å². The van der Waals surface area contributed by atoms with Gasteiger partial charge in [0.15, 0.2) is 0 Å². The molecule has 0 bridgehead atoms. The standard InChI is InChI=1S/C12H18BrNS2/c1-8(12-11(13)5-6-16-12)14-9-3-4-10(7-9)15-2/h5-6,8-10,14H,3-4,7H2,1-2H3. The topological polar surface area (TPSA) is 12.0 Å². The van der Waals surface area contributed by atoms with Crippen molar-refractivity contribution in [1.82, 2.24) is 5.32 Å². The number of hydrogen-bond acceptors (Lipinski definition) is 3. The molecule has 1 aromatic rings. The average Bonchev–Trinajstić information content (AvgIpc) is 2.86. The summed E-state index contributed by atoms with van der Waals surface area (Å²) in [4.78, 5) is 1.42. The van der Waals surface area contributed by atoms with Gasteiger partial charge in [-0.1, -0.05) is 0 Å². The molecule has 0 radical (unpaired) electrons. The highest BCUT2D eigenvalue weighted by Crippen LogP contribution is 2.33. The van der Waals surface area contributed by atoms with Gasteiger partial charge >= 0.3 is 0 Å². The maximum atomic E-state index is 3.75. The van der Waals surface area contributed by atoms with Crippen LogP contribution in [0.25, 0.3) is 0 Å². The summed E-state index contributed by atoms with van der Waals surface area (Å²) >= 11 is 7.46. The molecular formula is C12H18BrNS2. The molecule has 0 saturated heterocycles. The quantitative estimate of drug-likeness (QED) is 0.880. The molecule has 0 aromatic carbocycles. The van der Waals surface area contributed by atoms with Crippen LogP contribution in [0.1, 0.15) is 37.1 Å². The molecule has 0 amide bonds. The van der Waals surface area contributed by atoms with Crippen LogP contribution >= 0.6 is 39.0 Å². The van der Waals surface area contributed by atoms with E-state index < -0.39 is 0 Å². The molecule has 1 heterocycles. The van der Waals surface area contributed by atoms with E-state index in [2.05, 4.69) is 45.9 Å². The third kappa shape index (κ3) is 3.03. The minimum atomic E-state index is 0.472. The van der Waals surface area contributed by atoms with Crippen molar-refractivity contribution in [2.75, 3.05) is 6.26 Å². The normalized spacial score (nSPS) is 27.2. The van der Waals surface area contributed by atoms with Crippen molar-refractivity contribution >= 4 is 39.0 Å². The molecule has 16 heavy (non-hydrogen) atoms. The lowest BCUT2D eigenvalue weighted by Gasteiger charge is -2.19. The minimum absolute atomic E-state index is 0.472. The van der Waals surface area contributed by atoms with E-state index in [0.29, 0.717) is 12.1 Å². The fraction of sp³-hybridized carbons (Fsp3) is 0.667. The van der Waals surface area contributed by atoms with Gasteiger partial charge in [0, 0.05) is 26.7 Å². The number of halogens is 1. The summed E-state index contributed by atoms with van der Waals surface area (Å²) in [5.74, 6) is 0. The number of nitrogens with one attached hydrogen (secondary N) is 1. The molecule has 1 aliphatic carbocycles. The van der Waals surface area contributed by atoms with Gasteiger partial charge in [-0.3, -0.25) is 0 Å². The van der Waals surface area contributed by atoms with Crippen molar-refractivity contribution in [2.45, 2.75) is 43.5 Å². The number of thiophene rings is 1. The summed E-state index contributed by atoms with van der Waals surface area (Å²) in [5, 5.41) is 6.77. The number of hydrogen-bond donors (Lipinski definition) is 1. The van der Waals surface area contributed by atoms with Crippen LogP contribution in [0.15, 0.2) is 15.9 Å². The molecule has 1 nitrogen and oxygen atoms in total. The van der Waals surface area contributed by atoms with E-state index in [4.69, 9.17) is 0 Å². The second-order valence-corrected chi connectivity index (χ2v) is 7.33. The van der Waals surface area contributed by atoms with Gasteiger partial charge in [-0.25, -0.2) is 0 Å². The van der Waals surface area contributed by atoms with Gasteiger partial charge in [0.25, 0.3) is 0 Å². The molecule has 3 atom stereocenters. The zero-order valence-corrected chi connectivity index (χ0v) is 12.9. The van der Waals surface area contributed by atoms with E-state index in [1.807, 2.05) is 23.1 Å². The lowest BCUT2D eigenvalue weighted by molar-refractivity contribution is 0.465. The Morgan fingerprint density at radius 2 is 2.38 bits per heavy atom. The summed E-state index contributed by atoms with van der Waals surface area (Å²) in [6, 6.07) is 3.32. The summed E-state index contributed by atoms with van der Waals surface area (Å²) < 4.78 is 1.25. The first-order valence-corrected chi connectivity index (χ1v) is 8.68. The van der Waals surface area contributed by atoms with E-state index in [1.165, 1.54) is 28.6 Å². The molecule has 0 aliphatic heterocycles. The Morgan fingerprint density at radius 1 is 1.56 bits per heavy atom. The SMILES string of the molecule is CSC1CCC(NC(C)c2sccc2Br)C1. The van der Waals surface area contributed by atoms with Crippen molar-refractivity contribution in [3.8, 4) is 0 Å². The zero-order valence-electron chi connectivity index (χ0n) is 9.70. The van der Waals surface area contributed by atoms with Gasteiger partial charge in [0.1, 0.15) is 0 Å². The van der Waals surface area contributed by atoms with E-state index in [0.717, 1.165) is 5.25 Å². The fourth-order valence-electron chi connectivity index (χ4n) is 2.35. The smallest absolute Gasteiger partial charge is 0.0399 e. The molecule has 4 heteroatoms. The predicted molar refractivity (Wildman–Crippen MR) is 78.5 cm³/mol. The van der Waals surface area contributed by atoms with E-state index >= 15 is 0 Å². The molecule has 1 fully saturated rings. The maximum absolute atomic E-state index is 3.75. The molecule has 0 spiro atoms. The molecule has 90 valence electrons. The molecule has 2 rings (SSSR count). The predicted octanol–water partition coefficient (Wildman–Crippen LogP) is 4.45. The molecule has 1 aliphatic rings. The monoisotopic (exact) mass is 319 g/mol. The zero-order chi connectivity index (χ0) is 11.5. The minimum Gasteiger partial charge on any atom is -0.307 e. The highest BCUT2D eigenvalue weighted by Gasteiger charge is 2.25. The average molecular weight is 320 g/mol. The summed E-state index contributed by atoms with van der Waals surface area (Å²) in [5.41, 5.74) is 0. The Bertz CT molecular complexity index is 340. The molecule has 3 unspecified atom stereocenters. The van der Waals surface area contributed by atoms with E-state index in [-0.39, 0.29) is 0 Å². The van der Waals surface area contributed by atoms with Gasteiger partial charge in [0.2, 0.25) is 0 Å². The summed E-state index contributed by atoms with van der Waals surface area (Å²) in [7, 11) is 0.